The number of rotatable bonds is 9. The Morgan fingerprint density at radius 2 is 1.71 bits per heavy atom. The molecule has 0 saturated carbocycles. The van der Waals surface area contributed by atoms with Crippen LogP contribution < -0.4 is 9.64 Å². The van der Waals surface area contributed by atoms with Gasteiger partial charge in [0.15, 0.2) is 0 Å². The van der Waals surface area contributed by atoms with Crippen LogP contribution >= 0.6 is 0 Å². The molecule has 9 heteroatoms. The van der Waals surface area contributed by atoms with E-state index in [-0.39, 0.29) is 24.1 Å². The molecule has 1 spiro atoms. The number of ether oxygens (including phenoxy) is 1. The van der Waals surface area contributed by atoms with Crippen molar-refractivity contribution in [3.05, 3.63) is 94.6 Å². The van der Waals surface area contributed by atoms with Crippen molar-refractivity contribution in [3.63, 3.8) is 0 Å². The van der Waals surface area contributed by atoms with E-state index < -0.39 is 29.3 Å². The minimum absolute atomic E-state index is 0.00932. The molecule has 3 aromatic carbocycles. The molecule has 3 aliphatic rings. The highest BCUT2D eigenvalue weighted by molar-refractivity contribution is 5.69. The average molecular weight is 580 g/mol. The van der Waals surface area contributed by atoms with Crippen molar-refractivity contribution in [1.29, 1.82) is 0 Å². The van der Waals surface area contributed by atoms with E-state index in [9.17, 15) is 9.18 Å². The summed E-state index contributed by atoms with van der Waals surface area (Å²) in [7, 11) is 0. The number of carboxylic acids is 1. The number of carbonyl (C=O) groups is 1. The number of likely N-dealkylation sites (tertiary alicyclic amines) is 1. The van der Waals surface area contributed by atoms with Crippen LogP contribution in [0.25, 0.3) is 0 Å². The average Bonchev–Trinajstić information content (AvgIpc) is 2.88. The normalized spacial score (nSPS) is 20.1. The lowest BCUT2D eigenvalue weighted by Crippen LogP contribution is -2.72. The maximum atomic E-state index is 15.9. The summed E-state index contributed by atoms with van der Waals surface area (Å²) in [6.07, 6.45) is 0.612. The van der Waals surface area contributed by atoms with Crippen LogP contribution in [-0.2, 0) is 17.8 Å². The molecule has 0 radical (unpaired) electrons. The van der Waals surface area contributed by atoms with E-state index >= 15 is 8.78 Å². The van der Waals surface area contributed by atoms with Gasteiger partial charge in [0.2, 0.25) is 0 Å². The molecule has 1 unspecified atom stereocenters. The standard InChI is InChI=1S/C33H36F3N3O3/c1-32(2,36)17-38-11-10-23-12-25(42-16-22-6-4-3-5-7-22)8-9-26(23)31(38)30-27(34)13-24(14-28(30)35)39-20-33(21-39)18-37(19-33)15-29(40)41/h3-9,12-14,31H,10-11,15-21H2,1-2H3,(H,40,41). The maximum Gasteiger partial charge on any atom is 0.317 e. The van der Waals surface area contributed by atoms with Gasteiger partial charge in [-0.05, 0) is 61.2 Å². The summed E-state index contributed by atoms with van der Waals surface area (Å²) in [6.45, 7) is 6.46. The van der Waals surface area contributed by atoms with Crippen LogP contribution in [0.4, 0.5) is 18.9 Å². The van der Waals surface area contributed by atoms with Gasteiger partial charge in [0.1, 0.15) is 29.7 Å². The minimum atomic E-state index is -1.55. The third-order valence-corrected chi connectivity index (χ3v) is 8.50. The molecule has 1 atom stereocenters. The quantitative estimate of drug-likeness (QED) is 0.364. The van der Waals surface area contributed by atoms with Crippen LogP contribution in [0.15, 0.2) is 60.7 Å². The Hall–Kier alpha value is -3.56. The smallest absolute Gasteiger partial charge is 0.317 e. The second-order valence-corrected chi connectivity index (χ2v) is 12.7. The summed E-state index contributed by atoms with van der Waals surface area (Å²) in [6, 6.07) is 17.4. The number of aliphatic carboxylic acids is 1. The molecule has 2 fully saturated rings. The summed E-state index contributed by atoms with van der Waals surface area (Å²) in [5.74, 6) is -1.49. The minimum Gasteiger partial charge on any atom is -0.489 e. The molecule has 0 aromatic heterocycles. The molecule has 6 rings (SSSR count). The summed E-state index contributed by atoms with van der Waals surface area (Å²) < 4.78 is 52.7. The van der Waals surface area contributed by atoms with Gasteiger partial charge in [-0.25, -0.2) is 13.2 Å². The van der Waals surface area contributed by atoms with E-state index in [1.165, 1.54) is 26.0 Å². The molecule has 1 N–H and O–H groups in total. The summed E-state index contributed by atoms with van der Waals surface area (Å²) >= 11 is 0. The van der Waals surface area contributed by atoms with Crippen molar-refractivity contribution < 1.29 is 27.8 Å². The van der Waals surface area contributed by atoms with E-state index in [2.05, 4.69) is 0 Å². The Balaban J connectivity index is 1.24. The van der Waals surface area contributed by atoms with Gasteiger partial charge >= 0.3 is 5.97 Å². The molecule has 42 heavy (non-hydrogen) atoms. The lowest BCUT2D eigenvalue weighted by molar-refractivity contribution is -0.142. The SMILES string of the molecule is CC(C)(F)CN1CCc2cc(OCc3ccccc3)ccc2C1c1c(F)cc(N2CC3(CN(CC(=O)O)C3)C2)cc1F. The first-order valence-electron chi connectivity index (χ1n) is 14.4. The number of carboxylic acid groups (broad SMARTS) is 1. The number of alkyl halides is 1. The number of hydrogen-bond acceptors (Lipinski definition) is 5. The third kappa shape index (κ3) is 5.85. The van der Waals surface area contributed by atoms with Gasteiger partial charge < -0.3 is 14.7 Å². The molecule has 0 amide bonds. The molecule has 0 aliphatic carbocycles. The fraction of sp³-hybridized carbons (Fsp3) is 0.424. The monoisotopic (exact) mass is 579 g/mol. The molecule has 222 valence electrons. The van der Waals surface area contributed by atoms with Gasteiger partial charge in [-0.2, -0.15) is 0 Å². The molecule has 3 heterocycles. The van der Waals surface area contributed by atoms with Crippen molar-refractivity contribution in [2.24, 2.45) is 5.41 Å². The lowest BCUT2D eigenvalue weighted by Gasteiger charge is -2.60. The van der Waals surface area contributed by atoms with Crippen molar-refractivity contribution in [2.75, 3.05) is 50.7 Å². The van der Waals surface area contributed by atoms with E-state index in [4.69, 9.17) is 9.84 Å². The molecule has 3 aliphatic heterocycles. The highest BCUT2D eigenvalue weighted by Crippen LogP contribution is 2.44. The zero-order valence-corrected chi connectivity index (χ0v) is 24.0. The number of halogens is 3. The first-order chi connectivity index (χ1) is 20.0. The molecular weight excluding hydrogens is 543 g/mol. The van der Waals surface area contributed by atoms with Crippen LogP contribution in [0.2, 0.25) is 0 Å². The molecular formula is C33H36F3N3O3. The first-order valence-corrected chi connectivity index (χ1v) is 14.4. The molecule has 6 nitrogen and oxygen atoms in total. The molecule has 0 bridgehead atoms. The number of benzene rings is 3. The number of anilines is 1. The van der Waals surface area contributed by atoms with Crippen LogP contribution in [-0.4, -0.2) is 72.4 Å². The van der Waals surface area contributed by atoms with Crippen LogP contribution in [0.1, 0.15) is 42.1 Å². The molecule has 2 saturated heterocycles. The van der Waals surface area contributed by atoms with Crippen LogP contribution in [0.5, 0.6) is 5.75 Å². The Kier molecular flexibility index (Phi) is 7.43. The zero-order chi connectivity index (χ0) is 29.6. The highest BCUT2D eigenvalue weighted by Gasteiger charge is 2.52. The fourth-order valence-electron chi connectivity index (χ4n) is 6.84. The third-order valence-electron chi connectivity index (χ3n) is 8.50. The lowest BCUT2D eigenvalue weighted by atomic mass is 9.72. The summed E-state index contributed by atoms with van der Waals surface area (Å²) in [4.78, 5) is 16.6. The number of nitrogens with zero attached hydrogens (tertiary/aromatic N) is 3. The van der Waals surface area contributed by atoms with E-state index in [0.717, 1.165) is 16.7 Å². The Bertz CT molecular complexity index is 1440. The Labute approximate surface area is 244 Å². The van der Waals surface area contributed by atoms with Crippen molar-refractivity contribution >= 4 is 11.7 Å². The van der Waals surface area contributed by atoms with Gasteiger partial charge in [-0.3, -0.25) is 14.6 Å². The largest absolute Gasteiger partial charge is 0.489 e. The van der Waals surface area contributed by atoms with Crippen LogP contribution in [0.3, 0.4) is 0 Å². The highest BCUT2D eigenvalue weighted by atomic mass is 19.1. The van der Waals surface area contributed by atoms with Gasteiger partial charge in [0, 0.05) is 55.9 Å². The van der Waals surface area contributed by atoms with E-state index in [1.807, 2.05) is 63.2 Å². The first kappa shape index (κ1) is 28.6. The predicted octanol–water partition coefficient (Wildman–Crippen LogP) is 5.45. The van der Waals surface area contributed by atoms with Crippen molar-refractivity contribution in [1.82, 2.24) is 9.80 Å². The maximum absolute atomic E-state index is 15.9. The molecule has 3 aromatic rings. The number of hydrogen-bond donors (Lipinski definition) is 1. The number of fused-ring (bicyclic) bond motifs is 1. The van der Waals surface area contributed by atoms with Gasteiger partial charge in [-0.1, -0.05) is 36.4 Å². The van der Waals surface area contributed by atoms with Crippen molar-refractivity contribution in [3.8, 4) is 5.75 Å². The second-order valence-electron chi connectivity index (χ2n) is 12.7. The predicted molar refractivity (Wildman–Crippen MR) is 155 cm³/mol. The van der Waals surface area contributed by atoms with Gasteiger partial charge in [0.05, 0.1) is 12.6 Å². The second kappa shape index (κ2) is 10.9. The zero-order valence-electron chi connectivity index (χ0n) is 24.0. The van der Waals surface area contributed by atoms with Gasteiger partial charge in [0.25, 0.3) is 0 Å². The summed E-state index contributed by atoms with van der Waals surface area (Å²) in [5.41, 5.74) is 1.54. The van der Waals surface area contributed by atoms with Crippen LogP contribution in [0, 0.1) is 17.0 Å². The Morgan fingerprint density at radius 3 is 2.36 bits per heavy atom. The van der Waals surface area contributed by atoms with Crippen molar-refractivity contribution in [2.45, 2.75) is 38.6 Å². The fourth-order valence-corrected chi connectivity index (χ4v) is 6.84. The topological polar surface area (TPSA) is 56.2 Å². The Morgan fingerprint density at radius 1 is 1.02 bits per heavy atom. The van der Waals surface area contributed by atoms with E-state index in [0.29, 0.717) is 57.2 Å². The summed E-state index contributed by atoms with van der Waals surface area (Å²) in [5, 5.41) is 8.99. The van der Waals surface area contributed by atoms with Gasteiger partial charge in [-0.15, -0.1) is 0 Å². The van der Waals surface area contributed by atoms with E-state index in [1.54, 1.807) is 0 Å².